The molecule has 0 bridgehead atoms. The Balaban J connectivity index is 1.15. The third-order valence-electron chi connectivity index (χ3n) is 9.90. The van der Waals surface area contributed by atoms with Gasteiger partial charge in [-0.2, -0.15) is 10.2 Å². The number of H-pyrrole nitrogens is 1. The van der Waals surface area contributed by atoms with Crippen LogP contribution in [0.2, 0.25) is 0 Å². The van der Waals surface area contributed by atoms with Gasteiger partial charge >= 0.3 is 0 Å². The van der Waals surface area contributed by atoms with Crippen LogP contribution < -0.4 is 14.7 Å². The summed E-state index contributed by atoms with van der Waals surface area (Å²) in [5.41, 5.74) is 6.47. The zero-order valence-electron chi connectivity index (χ0n) is 33.9. The predicted molar refractivity (Wildman–Crippen MR) is 229 cm³/mol. The van der Waals surface area contributed by atoms with Gasteiger partial charge in [0, 0.05) is 44.1 Å². The molecule has 302 valence electrons. The van der Waals surface area contributed by atoms with Crippen LogP contribution in [-0.2, 0) is 30.9 Å². The van der Waals surface area contributed by atoms with Gasteiger partial charge in [-0.15, -0.1) is 19.5 Å². The van der Waals surface area contributed by atoms with Crippen molar-refractivity contribution in [1.29, 1.82) is 0 Å². The molecule has 0 saturated heterocycles. The normalized spacial score (nSPS) is 13.1. The third kappa shape index (κ3) is 7.56. The first kappa shape index (κ1) is 39.4. The molecule has 4 aromatic carbocycles. The molecule has 0 fully saturated rings. The van der Waals surface area contributed by atoms with Crippen LogP contribution in [0.25, 0.3) is 40.1 Å². The van der Waals surface area contributed by atoms with Gasteiger partial charge in [-0.1, -0.05) is 77.9 Å². The molecule has 16 heteroatoms. The Hall–Kier alpha value is -6.39. The Labute approximate surface area is 342 Å². The smallest absolute Gasteiger partial charge is 0.262 e. The molecule has 0 radical (unpaired) electrons. The molecule has 8 aromatic rings. The average Bonchev–Trinajstić information content (AvgIpc) is 3.93. The first-order valence-electron chi connectivity index (χ1n) is 18.9. The summed E-state index contributed by atoms with van der Waals surface area (Å²) in [5, 5.41) is 20.2. The number of nitrogens with one attached hydrogen (secondary N) is 3. The quantitative estimate of drug-likeness (QED) is 0.136. The van der Waals surface area contributed by atoms with Gasteiger partial charge in [-0.05, 0) is 91.7 Å². The molecule has 0 saturated carbocycles. The molecule has 4 heterocycles. The lowest BCUT2D eigenvalue weighted by atomic mass is 9.88. The fourth-order valence-corrected chi connectivity index (χ4v) is 9.54. The molecule has 0 amide bonds. The highest BCUT2D eigenvalue weighted by Gasteiger charge is 2.29. The summed E-state index contributed by atoms with van der Waals surface area (Å²) in [5.74, 6) is 0.979. The lowest BCUT2D eigenvalue weighted by Crippen LogP contribution is -2.22. The Morgan fingerprint density at radius 1 is 0.593 bits per heavy atom. The van der Waals surface area contributed by atoms with Crippen molar-refractivity contribution in [3.63, 3.8) is 0 Å². The predicted octanol–water partition coefficient (Wildman–Crippen LogP) is 7.19. The standard InChI is InChI=1S/C43H44N10O4S2/c1-26-13-9-11-15-34(26)58(54,55)50-30-21-17-28(18-22-30)38-44-40-32(36(42(3,4)5)46-52(40)48-38)25-33-37(43(6,7)8)47-53-41(33)45-39(49-53)29-19-23-31(24-20-29)51-59(56,57)35-16-12-10-14-27(35)2/h9-25,50-51H,1-8H3,(H,44,48)/b33-25-. The Bertz CT molecular complexity index is 3170. The minimum atomic E-state index is -3.78. The minimum Gasteiger partial charge on any atom is -0.321 e. The number of fused-ring (bicyclic) bond motifs is 2. The van der Waals surface area contributed by atoms with E-state index in [4.69, 9.17) is 25.4 Å². The Morgan fingerprint density at radius 2 is 1.08 bits per heavy atom. The van der Waals surface area contributed by atoms with Crippen molar-refractivity contribution in [1.82, 2.24) is 39.6 Å². The maximum atomic E-state index is 13.1. The average molecular weight is 829 g/mol. The van der Waals surface area contributed by atoms with E-state index >= 15 is 0 Å². The van der Waals surface area contributed by atoms with Crippen LogP contribution in [0.15, 0.2) is 107 Å². The number of aromatic amines is 1. The molecule has 3 N–H and O–H groups in total. The summed E-state index contributed by atoms with van der Waals surface area (Å²) in [7, 11) is -7.56. The lowest BCUT2D eigenvalue weighted by Gasteiger charge is -2.17. The molecule has 0 spiro atoms. The van der Waals surface area contributed by atoms with E-state index in [-0.39, 0.29) is 20.6 Å². The van der Waals surface area contributed by atoms with Crippen molar-refractivity contribution in [3.8, 4) is 22.8 Å². The van der Waals surface area contributed by atoms with Crippen molar-refractivity contribution in [2.45, 2.75) is 76.0 Å². The van der Waals surface area contributed by atoms with Crippen LogP contribution in [0.3, 0.4) is 0 Å². The molecule has 0 unspecified atom stereocenters. The highest BCUT2D eigenvalue weighted by Crippen LogP contribution is 2.31. The van der Waals surface area contributed by atoms with Gasteiger partial charge in [0.2, 0.25) is 0 Å². The van der Waals surface area contributed by atoms with Crippen molar-refractivity contribution < 1.29 is 16.8 Å². The van der Waals surface area contributed by atoms with Crippen LogP contribution in [0.5, 0.6) is 0 Å². The van der Waals surface area contributed by atoms with Gasteiger partial charge in [-0.3, -0.25) is 9.44 Å². The molecule has 0 atom stereocenters. The maximum Gasteiger partial charge on any atom is 0.262 e. The van der Waals surface area contributed by atoms with Gasteiger partial charge in [0.1, 0.15) is 0 Å². The van der Waals surface area contributed by atoms with Crippen molar-refractivity contribution in [2.24, 2.45) is 0 Å². The van der Waals surface area contributed by atoms with Crippen molar-refractivity contribution >= 4 is 48.8 Å². The van der Waals surface area contributed by atoms with Gasteiger partial charge < -0.3 is 4.98 Å². The van der Waals surface area contributed by atoms with E-state index in [2.05, 4.69) is 56.0 Å². The van der Waals surface area contributed by atoms with E-state index in [1.165, 1.54) is 0 Å². The van der Waals surface area contributed by atoms with E-state index < -0.39 is 20.0 Å². The zero-order valence-corrected chi connectivity index (χ0v) is 35.5. The highest BCUT2D eigenvalue weighted by atomic mass is 32.2. The van der Waals surface area contributed by atoms with E-state index in [0.29, 0.717) is 51.0 Å². The van der Waals surface area contributed by atoms with E-state index in [0.717, 1.165) is 27.7 Å². The molecule has 0 aliphatic carbocycles. The number of aryl methyl sites for hydroxylation is 2. The van der Waals surface area contributed by atoms with Crippen LogP contribution in [0.1, 0.15) is 69.6 Å². The number of sulfonamides is 2. The molecule has 4 aromatic heterocycles. The molecular formula is C43H44N10O4S2. The van der Waals surface area contributed by atoms with Gasteiger partial charge in [0.15, 0.2) is 22.9 Å². The number of rotatable bonds is 9. The van der Waals surface area contributed by atoms with E-state index in [1.54, 1.807) is 120 Å². The third-order valence-corrected chi connectivity index (χ3v) is 13.0. The van der Waals surface area contributed by atoms with E-state index in [1.807, 2.05) is 6.08 Å². The van der Waals surface area contributed by atoms with Gasteiger partial charge in [0.05, 0.1) is 21.2 Å². The number of benzene rings is 4. The van der Waals surface area contributed by atoms with Crippen LogP contribution in [-0.4, -0.2) is 56.5 Å². The van der Waals surface area contributed by atoms with Gasteiger partial charge in [-0.25, -0.2) is 21.8 Å². The monoisotopic (exact) mass is 828 g/mol. The van der Waals surface area contributed by atoms with Crippen LogP contribution >= 0.6 is 0 Å². The summed E-state index contributed by atoms with van der Waals surface area (Å²) < 4.78 is 60.9. The van der Waals surface area contributed by atoms with Crippen LogP contribution in [0, 0.1) is 13.8 Å². The second kappa shape index (κ2) is 14.2. The Morgan fingerprint density at radius 3 is 1.59 bits per heavy atom. The topological polar surface area (TPSA) is 181 Å². The fourth-order valence-electron chi connectivity index (χ4n) is 6.93. The molecule has 8 rings (SSSR count). The molecule has 0 aliphatic rings. The highest BCUT2D eigenvalue weighted by molar-refractivity contribution is 7.93. The Kier molecular flexibility index (Phi) is 9.47. The number of hydrogen-bond donors (Lipinski definition) is 3. The first-order chi connectivity index (χ1) is 27.8. The van der Waals surface area contributed by atoms with Crippen molar-refractivity contribution in [2.75, 3.05) is 9.44 Å². The van der Waals surface area contributed by atoms with E-state index in [9.17, 15) is 16.8 Å². The number of nitrogens with zero attached hydrogens (tertiary/aromatic N) is 7. The van der Waals surface area contributed by atoms with Crippen LogP contribution in [0.4, 0.5) is 11.4 Å². The SMILES string of the molecule is Cc1ccccc1S(=O)(=O)Nc1ccc(-c2nc3/c(=C\c4c(C(C)(C)C)nn5nc(-c6ccc(NS(=O)(=O)c7ccccc7C)cc6)[nH]c45)c(C(C)(C)C)nn3n2)cc1. The number of aromatic nitrogens is 8. The summed E-state index contributed by atoms with van der Waals surface area (Å²) >= 11 is 0. The molecule has 14 nitrogen and oxygen atoms in total. The summed E-state index contributed by atoms with van der Waals surface area (Å²) in [6.07, 6.45) is 2.04. The lowest BCUT2D eigenvalue weighted by molar-refractivity contribution is 0.553. The largest absolute Gasteiger partial charge is 0.321 e. The summed E-state index contributed by atoms with van der Waals surface area (Å²) in [4.78, 5) is 8.87. The second-order valence-electron chi connectivity index (χ2n) is 16.6. The van der Waals surface area contributed by atoms with Crippen molar-refractivity contribution in [3.05, 3.63) is 130 Å². The second-order valence-corrected chi connectivity index (χ2v) is 19.9. The summed E-state index contributed by atoms with van der Waals surface area (Å²) in [6, 6.07) is 27.6. The maximum absolute atomic E-state index is 13.1. The fraction of sp³-hybridized carbons (Fsp3) is 0.233. The number of hydrogen-bond acceptors (Lipinski definition) is 9. The zero-order chi connectivity index (χ0) is 42.1. The first-order valence-corrected chi connectivity index (χ1v) is 21.9. The molecule has 0 aliphatic heterocycles. The summed E-state index contributed by atoms with van der Waals surface area (Å²) in [6.45, 7) is 16.0. The molecule has 59 heavy (non-hydrogen) atoms. The number of anilines is 2. The minimum absolute atomic E-state index is 0.218. The molecular weight excluding hydrogens is 785 g/mol. The van der Waals surface area contributed by atoms with Gasteiger partial charge in [0.25, 0.3) is 20.0 Å².